The number of amides is 2. The molecule has 8 rings (SSSR count). The number of hydrogen-bond acceptors (Lipinski definition) is 8. The molecule has 0 aromatic heterocycles. The third-order valence-electron chi connectivity index (χ3n) is 12.4. The maximum Gasteiger partial charge on any atom is 1.00 e. The fourth-order valence-electron chi connectivity index (χ4n) is 8.83. The minimum absolute atomic E-state index is 0. The second-order valence-electron chi connectivity index (χ2n) is 16.9. The van der Waals surface area contributed by atoms with Gasteiger partial charge in [-0.05, 0) is 46.5 Å². The van der Waals surface area contributed by atoms with Gasteiger partial charge in [0.25, 0.3) is 0 Å². The van der Waals surface area contributed by atoms with Crippen LogP contribution in [0.2, 0.25) is 0 Å². The van der Waals surface area contributed by atoms with Crippen LogP contribution in [0.15, 0.2) is 182 Å². The molecule has 0 spiro atoms. The van der Waals surface area contributed by atoms with Crippen molar-refractivity contribution in [2.45, 2.75) is 36.8 Å². The number of methoxy groups -OCH3 is 1. The van der Waals surface area contributed by atoms with Gasteiger partial charge in [-0.1, -0.05) is 181 Å². The molecule has 4 N–H and O–H groups in total. The fourth-order valence-corrected chi connectivity index (χ4v) is 8.83. The van der Waals surface area contributed by atoms with E-state index in [9.17, 15) is 24.3 Å². The van der Waals surface area contributed by atoms with Gasteiger partial charge in [0.1, 0.15) is 12.1 Å². The number of nitrogens with zero attached hydrogens (tertiary/aromatic N) is 4. The van der Waals surface area contributed by atoms with E-state index in [1.807, 2.05) is 182 Å². The molecule has 2 aliphatic heterocycles. The first kappa shape index (κ1) is 57.3. The van der Waals surface area contributed by atoms with Crippen LogP contribution in [0, 0.1) is 23.7 Å². The van der Waals surface area contributed by atoms with Gasteiger partial charge in [-0.2, -0.15) is 0 Å². The van der Waals surface area contributed by atoms with Gasteiger partial charge >= 0.3 is 30.8 Å². The summed E-state index contributed by atoms with van der Waals surface area (Å²) in [6.07, 6.45) is 1.33. The van der Waals surface area contributed by atoms with E-state index in [0.29, 0.717) is 58.7 Å². The van der Waals surface area contributed by atoms with Crippen molar-refractivity contribution in [2.24, 2.45) is 0 Å². The average Bonchev–Trinajstić information content (AvgIpc) is 3.40. The van der Waals surface area contributed by atoms with Crippen molar-refractivity contribution >= 4 is 23.8 Å². The maximum absolute atomic E-state index is 13.9. The molecule has 2 heterocycles. The number of esters is 1. The Balaban J connectivity index is 0.000000300. The molecule has 6 aromatic rings. The Hall–Kier alpha value is -7.24. The van der Waals surface area contributed by atoms with Crippen molar-refractivity contribution in [3.05, 3.63) is 215 Å². The Bertz CT molecular complexity index is 2640. The molecule has 0 aliphatic carbocycles. The molecule has 13 heteroatoms. The van der Waals surface area contributed by atoms with Crippen molar-refractivity contribution in [3.8, 4) is 23.7 Å². The fraction of sp³-hybridized carbons (Fsp3) is 0.254. The average molecular weight is 961 g/mol. The van der Waals surface area contributed by atoms with E-state index in [1.54, 1.807) is 9.80 Å². The van der Waals surface area contributed by atoms with E-state index >= 15 is 0 Å². The molecule has 2 saturated heterocycles. The number of hydrogen-bond donors (Lipinski definition) is 1. The van der Waals surface area contributed by atoms with Gasteiger partial charge in [0.05, 0.1) is 18.9 Å². The van der Waals surface area contributed by atoms with Gasteiger partial charge in [-0.15, -0.1) is 0 Å². The standard InChI is InChI=1S/C30H30N2O3.C29H28N2O3.Li.2H2O/c1-35-30(34)27-23-31(20-12-11-15-24-13-5-2-6-14-24)21-22-32(27)29(33)28(25-16-7-3-8-17-25)26-18-9-4-10-19-26;32-28(27(24-15-6-2-7-16-24)25-17-8-3-9-18-25)31-21-20-30(22-26(31)29(33)34)19-11-10-14-23-12-4-1-5-13-23;;;/h2-10,13-14,16-19,27-28H,12,20-23H2,1H3;1-9,12-13,15-18,26-27H,11,19-22H2,(H,33,34);;2*1H2/q;;+1;;/p-1/t27-;26-;;;/m00.../s1. The van der Waals surface area contributed by atoms with Gasteiger partial charge in [-0.25, -0.2) is 9.59 Å². The third-order valence-corrected chi connectivity index (χ3v) is 12.4. The topological polar surface area (TPSA) is 172 Å². The molecule has 12 nitrogen and oxygen atoms in total. The Morgan fingerprint density at radius 2 is 0.819 bits per heavy atom. The van der Waals surface area contributed by atoms with Crippen LogP contribution in [-0.4, -0.2) is 131 Å². The van der Waals surface area contributed by atoms with Gasteiger partial charge in [0, 0.05) is 76.3 Å². The Morgan fingerprint density at radius 1 is 0.514 bits per heavy atom. The first-order valence-corrected chi connectivity index (χ1v) is 23.4. The van der Waals surface area contributed by atoms with Gasteiger partial charge < -0.3 is 30.6 Å². The zero-order valence-corrected chi connectivity index (χ0v) is 40.9. The van der Waals surface area contributed by atoms with Crippen molar-refractivity contribution in [1.29, 1.82) is 0 Å². The first-order chi connectivity index (χ1) is 33.8. The summed E-state index contributed by atoms with van der Waals surface area (Å²) in [7, 11) is 1.38. The van der Waals surface area contributed by atoms with Crippen LogP contribution >= 0.6 is 0 Å². The molecular formula is C59H61LiN4O8. The minimum atomic E-state index is -0.978. The summed E-state index contributed by atoms with van der Waals surface area (Å²) in [6, 6.07) is 56.7. The first-order valence-electron chi connectivity index (χ1n) is 23.4. The molecule has 6 aromatic carbocycles. The predicted octanol–water partition coefficient (Wildman–Crippen LogP) is 3.81. The molecule has 0 bridgehead atoms. The SMILES string of the molecule is COC(=O)[C@@H]1CN(CCC#Cc2ccccc2)CCN1C(=O)C(c1ccccc1)c1ccccc1.O.O=C(O)[C@@H]1CN(CCC#Cc2ccccc2)CCN1C(=O)C(c1ccccc1)c1ccccc1.[Li+].[OH-]. The number of piperazine rings is 2. The Kier molecular flexibility index (Phi) is 23.8. The van der Waals surface area contributed by atoms with E-state index in [4.69, 9.17) is 4.74 Å². The van der Waals surface area contributed by atoms with E-state index in [2.05, 4.69) is 33.5 Å². The van der Waals surface area contributed by atoms with E-state index < -0.39 is 35.9 Å². The number of benzene rings is 6. The minimum Gasteiger partial charge on any atom is -0.870 e. The van der Waals surface area contributed by atoms with Gasteiger partial charge in [0.2, 0.25) is 11.8 Å². The van der Waals surface area contributed by atoms with Gasteiger partial charge in [-0.3, -0.25) is 19.4 Å². The van der Waals surface area contributed by atoms with Crippen molar-refractivity contribution < 1.29 is 58.8 Å². The van der Waals surface area contributed by atoms with Crippen molar-refractivity contribution in [3.63, 3.8) is 0 Å². The predicted molar refractivity (Wildman–Crippen MR) is 274 cm³/mol. The Morgan fingerprint density at radius 3 is 1.14 bits per heavy atom. The van der Waals surface area contributed by atoms with Crippen LogP contribution in [0.4, 0.5) is 0 Å². The second kappa shape index (κ2) is 29.8. The summed E-state index contributed by atoms with van der Waals surface area (Å²) < 4.78 is 5.11. The normalized spacial score (nSPS) is 15.3. The number of rotatable bonds is 12. The number of carbonyl (C=O) groups excluding carboxylic acids is 3. The van der Waals surface area contributed by atoms with Crippen molar-refractivity contribution in [2.75, 3.05) is 59.5 Å². The Labute approximate surface area is 435 Å². The monoisotopic (exact) mass is 960 g/mol. The van der Waals surface area contributed by atoms with E-state index in [1.165, 1.54) is 7.11 Å². The molecule has 0 unspecified atom stereocenters. The van der Waals surface area contributed by atoms with Crippen LogP contribution in [0.25, 0.3) is 0 Å². The van der Waals surface area contributed by atoms with Gasteiger partial charge in [0.15, 0.2) is 0 Å². The summed E-state index contributed by atoms with van der Waals surface area (Å²) >= 11 is 0. The third kappa shape index (κ3) is 15.9. The molecule has 0 saturated carbocycles. The zero-order valence-electron chi connectivity index (χ0n) is 40.9. The summed E-state index contributed by atoms with van der Waals surface area (Å²) in [6.45, 7) is 4.27. The van der Waals surface area contributed by atoms with Crippen molar-refractivity contribution in [1.82, 2.24) is 19.6 Å². The molecule has 2 fully saturated rings. The molecule has 2 aliphatic rings. The van der Waals surface area contributed by atoms with Crippen LogP contribution in [0.3, 0.4) is 0 Å². The van der Waals surface area contributed by atoms with E-state index in [-0.39, 0.29) is 41.6 Å². The smallest absolute Gasteiger partial charge is 0.870 e. The van der Waals surface area contributed by atoms with Crippen LogP contribution in [-0.2, 0) is 23.9 Å². The van der Waals surface area contributed by atoms with Crippen LogP contribution < -0.4 is 18.9 Å². The summed E-state index contributed by atoms with van der Waals surface area (Å²) in [4.78, 5) is 60.1. The summed E-state index contributed by atoms with van der Waals surface area (Å²) in [5, 5.41) is 9.97. The maximum atomic E-state index is 13.9. The number of carboxylic acid groups (broad SMARTS) is 1. The second-order valence-corrected chi connectivity index (χ2v) is 16.9. The summed E-state index contributed by atoms with van der Waals surface area (Å²) in [5.74, 6) is 10.1. The molecule has 72 heavy (non-hydrogen) atoms. The summed E-state index contributed by atoms with van der Waals surface area (Å²) in [5.41, 5.74) is 5.50. The zero-order chi connectivity index (χ0) is 48.2. The molecule has 0 radical (unpaired) electrons. The quantitative estimate of drug-likeness (QED) is 0.109. The number of carbonyl (C=O) groups is 4. The molecule has 2 atom stereocenters. The number of carboxylic acids is 1. The van der Waals surface area contributed by atoms with Crippen LogP contribution in [0.5, 0.6) is 0 Å². The largest absolute Gasteiger partial charge is 1.00 e. The number of aliphatic carboxylic acids is 1. The van der Waals surface area contributed by atoms with Crippen LogP contribution in [0.1, 0.15) is 58.1 Å². The molecule has 2 amide bonds. The number of ether oxygens (including phenoxy) is 1. The molecule has 366 valence electrons. The van der Waals surface area contributed by atoms with E-state index in [0.717, 1.165) is 39.9 Å². The molecular weight excluding hydrogens is 900 g/mol.